The first kappa shape index (κ1) is 17.7. The van der Waals surface area contributed by atoms with Crippen molar-refractivity contribution in [2.45, 2.75) is 32.1 Å². The number of hydrogen-bond acceptors (Lipinski definition) is 3. The van der Waals surface area contributed by atoms with Crippen LogP contribution < -0.4 is 10.6 Å². The number of nitrogens with zero attached hydrogens (tertiary/aromatic N) is 1. The van der Waals surface area contributed by atoms with Crippen LogP contribution in [0, 0.1) is 0 Å². The minimum atomic E-state index is -0.171. The summed E-state index contributed by atoms with van der Waals surface area (Å²) in [5.74, 6) is 0.145. The molecule has 1 aromatic heterocycles. The summed E-state index contributed by atoms with van der Waals surface area (Å²) < 4.78 is 0. The largest absolute Gasteiger partial charge is 0.355 e. The highest BCUT2D eigenvalue weighted by molar-refractivity contribution is 5.90. The van der Waals surface area contributed by atoms with Gasteiger partial charge in [0.1, 0.15) is 5.82 Å². The van der Waals surface area contributed by atoms with Crippen molar-refractivity contribution in [3.8, 4) is 0 Å². The van der Waals surface area contributed by atoms with Gasteiger partial charge in [-0.1, -0.05) is 49.7 Å². The van der Waals surface area contributed by atoms with Crippen molar-refractivity contribution in [1.82, 2.24) is 10.3 Å². The van der Waals surface area contributed by atoms with E-state index in [9.17, 15) is 9.59 Å². The Hall–Kier alpha value is -2.69. The number of pyridine rings is 1. The fourth-order valence-corrected chi connectivity index (χ4v) is 2.49. The number of carbonyl (C=O) groups excluding carboxylic acids is 2. The van der Waals surface area contributed by atoms with Gasteiger partial charge in [0.2, 0.25) is 11.8 Å². The van der Waals surface area contributed by atoms with Crippen molar-refractivity contribution in [2.24, 2.45) is 0 Å². The van der Waals surface area contributed by atoms with Gasteiger partial charge in [-0.3, -0.25) is 9.59 Å². The van der Waals surface area contributed by atoms with Crippen LogP contribution in [-0.2, 0) is 9.59 Å². The van der Waals surface area contributed by atoms with Crippen molar-refractivity contribution < 1.29 is 9.59 Å². The molecule has 24 heavy (non-hydrogen) atoms. The second-order valence-electron chi connectivity index (χ2n) is 5.56. The van der Waals surface area contributed by atoms with Gasteiger partial charge >= 0.3 is 0 Å². The van der Waals surface area contributed by atoms with E-state index < -0.39 is 0 Å². The standard InChI is InChI=1S/C19H23N3O2/c1-2-8-16(15-9-4-3-5-10-15)19(24)21-14-12-18(23)22-17-11-6-7-13-20-17/h3-7,9-11,13,16H,2,8,12,14H2,1H3,(H,21,24)(H,20,22,23). The van der Waals surface area contributed by atoms with Crippen LogP contribution in [0.2, 0.25) is 0 Å². The van der Waals surface area contributed by atoms with E-state index in [0.29, 0.717) is 12.4 Å². The van der Waals surface area contributed by atoms with E-state index >= 15 is 0 Å². The second kappa shape index (κ2) is 9.45. The number of amides is 2. The molecule has 0 saturated carbocycles. The molecule has 0 fully saturated rings. The summed E-state index contributed by atoms with van der Waals surface area (Å²) in [4.78, 5) is 28.3. The predicted octanol–water partition coefficient (Wildman–Crippen LogP) is 3.11. The summed E-state index contributed by atoms with van der Waals surface area (Å²) in [7, 11) is 0. The fraction of sp³-hybridized carbons (Fsp3) is 0.316. The minimum Gasteiger partial charge on any atom is -0.355 e. The van der Waals surface area contributed by atoms with Gasteiger partial charge in [0.05, 0.1) is 5.92 Å². The maximum Gasteiger partial charge on any atom is 0.227 e. The molecule has 0 saturated heterocycles. The summed E-state index contributed by atoms with van der Waals surface area (Å²) in [6.45, 7) is 2.37. The Morgan fingerprint density at radius 1 is 1.08 bits per heavy atom. The summed E-state index contributed by atoms with van der Waals surface area (Å²) in [5.41, 5.74) is 1.01. The molecule has 2 rings (SSSR count). The van der Waals surface area contributed by atoms with Crippen LogP contribution in [0.25, 0.3) is 0 Å². The first-order chi connectivity index (χ1) is 11.7. The van der Waals surface area contributed by atoms with Crippen molar-refractivity contribution in [3.05, 3.63) is 60.3 Å². The Bertz CT molecular complexity index is 644. The topological polar surface area (TPSA) is 71.1 Å². The van der Waals surface area contributed by atoms with Crippen LogP contribution in [-0.4, -0.2) is 23.3 Å². The summed E-state index contributed by atoms with van der Waals surface area (Å²) in [5, 5.41) is 5.56. The molecule has 2 amide bonds. The van der Waals surface area contributed by atoms with Gasteiger partial charge < -0.3 is 10.6 Å². The van der Waals surface area contributed by atoms with Gasteiger partial charge in [0, 0.05) is 19.2 Å². The lowest BCUT2D eigenvalue weighted by Crippen LogP contribution is -2.32. The third-order valence-electron chi connectivity index (χ3n) is 3.68. The predicted molar refractivity (Wildman–Crippen MR) is 94.6 cm³/mol. The molecule has 0 aliphatic carbocycles. The highest BCUT2D eigenvalue weighted by atomic mass is 16.2. The lowest BCUT2D eigenvalue weighted by Gasteiger charge is -2.16. The van der Waals surface area contributed by atoms with Crippen molar-refractivity contribution in [2.75, 3.05) is 11.9 Å². The van der Waals surface area contributed by atoms with Gasteiger partial charge in [0.25, 0.3) is 0 Å². The number of rotatable bonds is 8. The molecule has 5 heteroatoms. The molecular weight excluding hydrogens is 302 g/mol. The van der Waals surface area contributed by atoms with Crippen LogP contribution in [0.3, 0.4) is 0 Å². The van der Waals surface area contributed by atoms with Crippen molar-refractivity contribution >= 4 is 17.6 Å². The third-order valence-corrected chi connectivity index (χ3v) is 3.68. The van der Waals surface area contributed by atoms with E-state index in [-0.39, 0.29) is 24.2 Å². The quantitative estimate of drug-likeness (QED) is 0.783. The van der Waals surface area contributed by atoms with Crippen molar-refractivity contribution in [1.29, 1.82) is 0 Å². The Morgan fingerprint density at radius 2 is 1.83 bits per heavy atom. The second-order valence-corrected chi connectivity index (χ2v) is 5.56. The highest BCUT2D eigenvalue weighted by Crippen LogP contribution is 2.21. The Labute approximate surface area is 142 Å². The summed E-state index contributed by atoms with van der Waals surface area (Å²) >= 11 is 0. The molecule has 126 valence electrons. The molecule has 1 atom stereocenters. The minimum absolute atomic E-state index is 0.0336. The van der Waals surface area contributed by atoms with Gasteiger partial charge in [-0.15, -0.1) is 0 Å². The van der Waals surface area contributed by atoms with Crippen LogP contribution in [0.4, 0.5) is 5.82 Å². The molecule has 1 aromatic carbocycles. The van der Waals surface area contributed by atoms with E-state index in [1.54, 1.807) is 24.4 Å². The van der Waals surface area contributed by atoms with Gasteiger partial charge in [-0.25, -0.2) is 4.98 Å². The van der Waals surface area contributed by atoms with E-state index in [1.165, 1.54) is 0 Å². The van der Waals surface area contributed by atoms with Crippen LogP contribution in [0.5, 0.6) is 0 Å². The van der Waals surface area contributed by atoms with Gasteiger partial charge in [-0.2, -0.15) is 0 Å². The Kier molecular flexibility index (Phi) is 6.95. The molecule has 0 bridgehead atoms. The van der Waals surface area contributed by atoms with Crippen LogP contribution in [0.1, 0.15) is 37.7 Å². The van der Waals surface area contributed by atoms with Gasteiger partial charge in [0.15, 0.2) is 0 Å². The normalized spacial score (nSPS) is 11.5. The zero-order valence-electron chi connectivity index (χ0n) is 13.9. The molecule has 1 unspecified atom stereocenters. The van der Waals surface area contributed by atoms with E-state index in [0.717, 1.165) is 18.4 Å². The number of aromatic nitrogens is 1. The zero-order valence-corrected chi connectivity index (χ0v) is 13.9. The number of hydrogen-bond donors (Lipinski definition) is 2. The smallest absolute Gasteiger partial charge is 0.227 e. The number of carbonyl (C=O) groups is 2. The maximum absolute atomic E-state index is 12.4. The van der Waals surface area contributed by atoms with E-state index in [2.05, 4.69) is 22.5 Å². The molecule has 0 spiro atoms. The van der Waals surface area contributed by atoms with E-state index in [1.807, 2.05) is 30.3 Å². The summed E-state index contributed by atoms with van der Waals surface area (Å²) in [6.07, 6.45) is 3.55. The van der Waals surface area contributed by atoms with Crippen LogP contribution in [0.15, 0.2) is 54.7 Å². The number of nitrogens with one attached hydrogen (secondary N) is 2. The molecule has 5 nitrogen and oxygen atoms in total. The third kappa shape index (κ3) is 5.50. The monoisotopic (exact) mass is 325 g/mol. The fourth-order valence-electron chi connectivity index (χ4n) is 2.49. The van der Waals surface area contributed by atoms with Crippen LogP contribution >= 0.6 is 0 Å². The first-order valence-electron chi connectivity index (χ1n) is 8.24. The lowest BCUT2D eigenvalue weighted by atomic mass is 9.93. The molecule has 2 aromatic rings. The van der Waals surface area contributed by atoms with Gasteiger partial charge in [-0.05, 0) is 24.1 Å². The molecule has 2 N–H and O–H groups in total. The van der Waals surface area contributed by atoms with Crippen molar-refractivity contribution in [3.63, 3.8) is 0 Å². The average Bonchev–Trinajstić information content (AvgIpc) is 2.61. The zero-order chi connectivity index (χ0) is 17.2. The Morgan fingerprint density at radius 3 is 2.50 bits per heavy atom. The summed E-state index contributed by atoms with van der Waals surface area (Å²) in [6, 6.07) is 15.1. The lowest BCUT2D eigenvalue weighted by molar-refractivity contribution is -0.122. The molecule has 0 aliphatic rings. The SMILES string of the molecule is CCCC(C(=O)NCCC(=O)Nc1ccccn1)c1ccccc1. The maximum atomic E-state index is 12.4. The number of anilines is 1. The highest BCUT2D eigenvalue weighted by Gasteiger charge is 2.19. The Balaban J connectivity index is 1.81. The molecular formula is C19H23N3O2. The molecule has 0 radical (unpaired) electrons. The number of benzene rings is 1. The molecule has 1 heterocycles. The van der Waals surface area contributed by atoms with E-state index in [4.69, 9.17) is 0 Å². The average molecular weight is 325 g/mol. The first-order valence-corrected chi connectivity index (χ1v) is 8.24. The molecule has 0 aliphatic heterocycles.